The number of phenolic OH excluding ortho intramolecular Hbond substituents is 1. The zero-order valence-corrected chi connectivity index (χ0v) is 19.1. The molecule has 0 spiro atoms. The van der Waals surface area contributed by atoms with E-state index in [4.69, 9.17) is 14.2 Å². The lowest BCUT2D eigenvalue weighted by Crippen LogP contribution is -2.39. The minimum Gasteiger partial charge on any atom is -0.504 e. The smallest absolute Gasteiger partial charge is 0.336 e. The highest BCUT2D eigenvalue weighted by atomic mass is 16.6. The van der Waals surface area contributed by atoms with Gasteiger partial charge in [-0.1, -0.05) is 19.9 Å². The number of ether oxygens (including phenoxy) is 3. The Morgan fingerprint density at radius 1 is 1.31 bits per heavy atom. The maximum Gasteiger partial charge on any atom is 0.336 e. The number of carbonyl (C=O) groups is 2. The molecular weight excluding hydrogens is 410 g/mol. The van der Waals surface area contributed by atoms with Gasteiger partial charge in [0.1, 0.15) is 6.61 Å². The number of rotatable bonds is 5. The van der Waals surface area contributed by atoms with Gasteiger partial charge in [-0.3, -0.25) is 4.79 Å². The van der Waals surface area contributed by atoms with Crippen molar-refractivity contribution in [3.63, 3.8) is 0 Å². The summed E-state index contributed by atoms with van der Waals surface area (Å²) in [7, 11) is 1.47. The minimum absolute atomic E-state index is 0.00120. The molecular formula is C25H31NO6. The average Bonchev–Trinajstić information content (AvgIpc) is 3.24. The first kappa shape index (κ1) is 22.4. The second-order valence-corrected chi connectivity index (χ2v) is 9.59. The summed E-state index contributed by atoms with van der Waals surface area (Å²) in [4.78, 5) is 26.6. The van der Waals surface area contributed by atoms with Crippen LogP contribution in [0.5, 0.6) is 11.5 Å². The second kappa shape index (κ2) is 8.62. The highest BCUT2D eigenvalue weighted by molar-refractivity contribution is 6.04. The molecule has 2 unspecified atom stereocenters. The number of dihydropyridines is 1. The van der Waals surface area contributed by atoms with Gasteiger partial charge in [0.25, 0.3) is 0 Å². The van der Waals surface area contributed by atoms with Gasteiger partial charge in [-0.05, 0) is 49.3 Å². The van der Waals surface area contributed by atoms with Crippen molar-refractivity contribution in [1.29, 1.82) is 0 Å². The first-order valence-corrected chi connectivity index (χ1v) is 11.1. The normalized spacial score (nSPS) is 24.8. The number of allylic oxidation sites excluding steroid dienone is 3. The van der Waals surface area contributed by atoms with Crippen molar-refractivity contribution in [1.82, 2.24) is 5.32 Å². The number of hydrogen-bond acceptors (Lipinski definition) is 7. The molecule has 2 aliphatic heterocycles. The Kier molecular flexibility index (Phi) is 6.03. The van der Waals surface area contributed by atoms with Crippen LogP contribution < -0.4 is 10.1 Å². The molecule has 172 valence electrons. The molecule has 2 atom stereocenters. The van der Waals surface area contributed by atoms with Crippen molar-refractivity contribution >= 4 is 11.8 Å². The van der Waals surface area contributed by atoms with Gasteiger partial charge in [0.05, 0.1) is 18.8 Å². The monoisotopic (exact) mass is 441 g/mol. The first-order chi connectivity index (χ1) is 15.2. The Bertz CT molecular complexity index is 1000. The number of esters is 1. The predicted molar refractivity (Wildman–Crippen MR) is 118 cm³/mol. The number of hydrogen-bond donors (Lipinski definition) is 2. The lowest BCUT2D eigenvalue weighted by atomic mass is 9.68. The Morgan fingerprint density at radius 3 is 2.78 bits per heavy atom. The third kappa shape index (κ3) is 4.26. The standard InChI is InChI=1S/C25H31NO6/c1-14-21(24(29)32-13-16-6-5-9-31-16)22(15-7-8-18(27)20(10-15)30-4)23-17(26-14)11-25(2,3)12-19(23)28/h7-8,10,16,22,26-27H,5-6,9,11-13H2,1-4H3. The second-order valence-electron chi connectivity index (χ2n) is 9.59. The molecule has 0 saturated carbocycles. The Labute approximate surface area is 188 Å². The van der Waals surface area contributed by atoms with Crippen molar-refractivity contribution in [3.8, 4) is 11.5 Å². The van der Waals surface area contributed by atoms with Gasteiger partial charge in [-0.25, -0.2) is 4.79 Å². The van der Waals surface area contributed by atoms with E-state index in [-0.39, 0.29) is 35.4 Å². The van der Waals surface area contributed by atoms with E-state index >= 15 is 0 Å². The van der Waals surface area contributed by atoms with Crippen molar-refractivity contribution in [2.24, 2.45) is 5.41 Å². The fourth-order valence-corrected chi connectivity index (χ4v) is 4.94. The minimum atomic E-state index is -0.596. The number of aromatic hydroxyl groups is 1. The summed E-state index contributed by atoms with van der Waals surface area (Å²) in [5.41, 5.74) is 3.04. The zero-order chi connectivity index (χ0) is 23.0. The average molecular weight is 442 g/mol. The summed E-state index contributed by atoms with van der Waals surface area (Å²) >= 11 is 0. The molecule has 1 aromatic rings. The molecule has 3 aliphatic rings. The van der Waals surface area contributed by atoms with Crippen LogP contribution >= 0.6 is 0 Å². The van der Waals surface area contributed by atoms with Gasteiger partial charge in [0.2, 0.25) is 0 Å². The molecule has 7 heteroatoms. The highest BCUT2D eigenvalue weighted by Crippen LogP contribution is 2.47. The lowest BCUT2D eigenvalue weighted by Gasteiger charge is -2.39. The van der Waals surface area contributed by atoms with Gasteiger partial charge in [0, 0.05) is 35.9 Å². The SMILES string of the molecule is COc1cc(C2C(C(=O)OCC3CCCO3)=C(C)NC3=C2C(=O)CC(C)(C)C3)ccc1O. The van der Waals surface area contributed by atoms with E-state index in [0.29, 0.717) is 41.9 Å². The van der Waals surface area contributed by atoms with Crippen LogP contribution in [0.1, 0.15) is 57.9 Å². The van der Waals surface area contributed by atoms with Crippen LogP contribution in [0.3, 0.4) is 0 Å². The zero-order valence-electron chi connectivity index (χ0n) is 19.1. The molecule has 1 saturated heterocycles. The lowest BCUT2D eigenvalue weighted by molar-refractivity contribution is -0.142. The fraction of sp³-hybridized carbons (Fsp3) is 0.520. The molecule has 1 fully saturated rings. The van der Waals surface area contributed by atoms with E-state index < -0.39 is 11.9 Å². The van der Waals surface area contributed by atoms with Gasteiger partial charge >= 0.3 is 5.97 Å². The van der Waals surface area contributed by atoms with E-state index in [9.17, 15) is 14.7 Å². The molecule has 32 heavy (non-hydrogen) atoms. The van der Waals surface area contributed by atoms with Crippen LogP contribution in [0, 0.1) is 5.41 Å². The highest BCUT2D eigenvalue weighted by Gasteiger charge is 2.43. The quantitative estimate of drug-likeness (QED) is 0.673. The molecule has 1 aromatic carbocycles. The van der Waals surface area contributed by atoms with Crippen LogP contribution in [0.25, 0.3) is 0 Å². The van der Waals surface area contributed by atoms with Crippen molar-refractivity contribution in [3.05, 3.63) is 46.3 Å². The summed E-state index contributed by atoms with van der Waals surface area (Å²) in [5.74, 6) is -0.763. The molecule has 0 bridgehead atoms. The van der Waals surface area contributed by atoms with Crippen molar-refractivity contribution in [2.75, 3.05) is 20.3 Å². The van der Waals surface area contributed by atoms with Crippen molar-refractivity contribution < 1.29 is 28.9 Å². The number of Topliss-reactive ketones (excluding diaryl/α,β-unsaturated/α-hetero) is 1. The summed E-state index contributed by atoms with van der Waals surface area (Å²) < 4.78 is 16.5. The maximum absolute atomic E-state index is 13.3. The number of carbonyl (C=O) groups excluding carboxylic acids is 2. The van der Waals surface area contributed by atoms with Crippen LogP contribution in [0.4, 0.5) is 0 Å². The summed E-state index contributed by atoms with van der Waals surface area (Å²) in [6, 6.07) is 4.94. The Morgan fingerprint density at radius 2 is 2.09 bits per heavy atom. The van der Waals surface area contributed by atoms with Crippen molar-refractivity contribution in [2.45, 2.75) is 58.5 Å². The molecule has 2 heterocycles. The molecule has 2 N–H and O–H groups in total. The van der Waals surface area contributed by atoms with Crippen LogP contribution in [0.2, 0.25) is 0 Å². The summed E-state index contributed by atoms with van der Waals surface area (Å²) in [6.07, 6.45) is 2.84. The first-order valence-electron chi connectivity index (χ1n) is 11.1. The van der Waals surface area contributed by atoms with Crippen LogP contribution in [-0.2, 0) is 19.1 Å². The van der Waals surface area contributed by atoms with Gasteiger partial charge in [-0.15, -0.1) is 0 Å². The summed E-state index contributed by atoms with van der Waals surface area (Å²) in [5, 5.41) is 13.4. The van der Waals surface area contributed by atoms with Crippen LogP contribution in [0.15, 0.2) is 40.7 Å². The van der Waals surface area contributed by atoms with Gasteiger partial charge in [-0.2, -0.15) is 0 Å². The number of phenols is 1. The molecule has 0 radical (unpaired) electrons. The third-order valence-electron chi connectivity index (χ3n) is 6.42. The predicted octanol–water partition coefficient (Wildman–Crippen LogP) is 3.73. The molecule has 1 aliphatic carbocycles. The molecule has 7 nitrogen and oxygen atoms in total. The largest absolute Gasteiger partial charge is 0.504 e. The van der Waals surface area contributed by atoms with E-state index in [1.165, 1.54) is 13.2 Å². The van der Waals surface area contributed by atoms with E-state index in [0.717, 1.165) is 18.5 Å². The summed E-state index contributed by atoms with van der Waals surface area (Å²) in [6.45, 7) is 6.85. The molecule has 0 aromatic heterocycles. The third-order valence-corrected chi connectivity index (χ3v) is 6.42. The number of methoxy groups -OCH3 is 1. The van der Waals surface area contributed by atoms with Crippen LogP contribution in [-0.4, -0.2) is 43.3 Å². The Balaban J connectivity index is 1.75. The number of nitrogens with one attached hydrogen (secondary N) is 1. The van der Waals surface area contributed by atoms with Gasteiger partial charge in [0.15, 0.2) is 17.3 Å². The van der Waals surface area contributed by atoms with E-state index in [1.807, 2.05) is 6.92 Å². The maximum atomic E-state index is 13.3. The van der Waals surface area contributed by atoms with E-state index in [2.05, 4.69) is 19.2 Å². The fourth-order valence-electron chi connectivity index (χ4n) is 4.94. The number of benzene rings is 1. The van der Waals surface area contributed by atoms with E-state index in [1.54, 1.807) is 12.1 Å². The Hall–Kier alpha value is -2.80. The topological polar surface area (TPSA) is 94.1 Å². The number of ketones is 1. The molecule has 0 amide bonds. The molecule has 4 rings (SSSR count). The van der Waals surface area contributed by atoms with Gasteiger partial charge < -0.3 is 24.6 Å².